The van der Waals surface area contributed by atoms with Crippen LogP contribution < -0.4 is 16.1 Å². The summed E-state index contributed by atoms with van der Waals surface area (Å²) in [5, 5.41) is 4.20. The van der Waals surface area contributed by atoms with E-state index in [9.17, 15) is 0 Å². The van der Waals surface area contributed by atoms with Crippen LogP contribution >= 0.6 is 0 Å². The van der Waals surface area contributed by atoms with Crippen LogP contribution in [0.15, 0.2) is 21.7 Å². The van der Waals surface area contributed by atoms with Crippen LogP contribution in [-0.4, -0.2) is 6.17 Å². The van der Waals surface area contributed by atoms with Crippen LogP contribution in [0, 0.1) is 0 Å². The van der Waals surface area contributed by atoms with E-state index in [2.05, 4.69) is 17.2 Å². The fraction of sp³-hybridized carbons (Fsp3) is 0.375. The topological polar surface area (TPSA) is 37.5 Å². The van der Waals surface area contributed by atoms with Crippen LogP contribution in [0.2, 0.25) is 0 Å². The Hall–Kier alpha value is -1.25. The SMILES string of the molecule is CCC1N=c2occc2=CN1. The Morgan fingerprint density at radius 2 is 2.64 bits per heavy atom. The third-order valence-corrected chi connectivity index (χ3v) is 1.77. The summed E-state index contributed by atoms with van der Waals surface area (Å²) in [6.07, 6.45) is 4.77. The van der Waals surface area contributed by atoms with Crippen molar-refractivity contribution in [2.75, 3.05) is 0 Å². The highest BCUT2D eigenvalue weighted by atomic mass is 16.3. The first kappa shape index (κ1) is 6.46. The van der Waals surface area contributed by atoms with E-state index < -0.39 is 0 Å². The second-order valence-electron chi connectivity index (χ2n) is 2.55. The van der Waals surface area contributed by atoms with Crippen molar-refractivity contribution >= 4 is 6.20 Å². The minimum absolute atomic E-state index is 0.189. The molecule has 0 aliphatic carbocycles. The molecule has 1 atom stereocenters. The molecule has 11 heavy (non-hydrogen) atoms. The average Bonchev–Trinajstić information content (AvgIpc) is 2.50. The molecule has 0 saturated carbocycles. The molecule has 0 saturated heterocycles. The van der Waals surface area contributed by atoms with E-state index in [0.717, 1.165) is 17.2 Å². The fourth-order valence-corrected chi connectivity index (χ4v) is 1.10. The maximum atomic E-state index is 5.15. The highest BCUT2D eigenvalue weighted by Gasteiger charge is 2.04. The molecule has 0 spiro atoms. The van der Waals surface area contributed by atoms with E-state index in [4.69, 9.17) is 4.42 Å². The Labute approximate surface area is 64.4 Å². The summed E-state index contributed by atoms with van der Waals surface area (Å²) < 4.78 is 5.15. The van der Waals surface area contributed by atoms with Gasteiger partial charge >= 0.3 is 0 Å². The van der Waals surface area contributed by atoms with Crippen LogP contribution in [0.1, 0.15) is 13.3 Å². The normalized spacial score (nSPS) is 21.0. The van der Waals surface area contributed by atoms with Gasteiger partial charge in [0.05, 0.1) is 11.5 Å². The Kier molecular flexibility index (Phi) is 1.42. The van der Waals surface area contributed by atoms with Crippen LogP contribution in [0.3, 0.4) is 0 Å². The molecule has 0 fully saturated rings. The zero-order chi connectivity index (χ0) is 7.68. The monoisotopic (exact) mass is 150 g/mol. The number of hydrogen-bond acceptors (Lipinski definition) is 3. The number of hydrogen-bond donors (Lipinski definition) is 1. The van der Waals surface area contributed by atoms with E-state index in [1.165, 1.54) is 0 Å². The molecule has 0 aromatic carbocycles. The summed E-state index contributed by atoms with van der Waals surface area (Å²) in [6.45, 7) is 2.09. The van der Waals surface area contributed by atoms with Gasteiger partial charge in [-0.1, -0.05) is 6.92 Å². The lowest BCUT2D eigenvalue weighted by molar-refractivity contribution is 0.467. The molecule has 0 amide bonds. The molecule has 1 aromatic rings. The van der Waals surface area contributed by atoms with Gasteiger partial charge in [0, 0.05) is 6.20 Å². The van der Waals surface area contributed by atoms with Crippen molar-refractivity contribution in [2.45, 2.75) is 19.5 Å². The molecule has 3 nitrogen and oxygen atoms in total. The average molecular weight is 150 g/mol. The van der Waals surface area contributed by atoms with Crippen molar-refractivity contribution in [3.8, 4) is 0 Å². The molecule has 2 heterocycles. The Bertz CT molecular complexity index is 352. The maximum Gasteiger partial charge on any atom is 0.224 e. The lowest BCUT2D eigenvalue weighted by Gasteiger charge is -2.10. The smallest absolute Gasteiger partial charge is 0.224 e. The third-order valence-electron chi connectivity index (χ3n) is 1.77. The predicted molar refractivity (Wildman–Crippen MR) is 41.2 cm³/mol. The zero-order valence-electron chi connectivity index (χ0n) is 6.37. The van der Waals surface area contributed by atoms with Gasteiger partial charge in [0.2, 0.25) is 5.55 Å². The highest BCUT2D eigenvalue weighted by molar-refractivity contribution is 5.20. The molecule has 2 rings (SSSR count). The van der Waals surface area contributed by atoms with Crippen molar-refractivity contribution < 1.29 is 4.42 Å². The van der Waals surface area contributed by atoms with Crippen LogP contribution in [0.25, 0.3) is 6.20 Å². The van der Waals surface area contributed by atoms with Gasteiger partial charge in [0.15, 0.2) is 0 Å². The maximum absolute atomic E-state index is 5.15. The van der Waals surface area contributed by atoms with E-state index >= 15 is 0 Å². The molecular formula is C8H10N2O. The second kappa shape index (κ2) is 2.42. The highest BCUT2D eigenvalue weighted by Crippen LogP contribution is 1.92. The minimum atomic E-state index is 0.189. The molecule has 1 aliphatic heterocycles. The van der Waals surface area contributed by atoms with E-state index in [0.29, 0.717) is 0 Å². The largest absolute Gasteiger partial charge is 0.446 e. The summed E-state index contributed by atoms with van der Waals surface area (Å²) >= 11 is 0. The summed E-state index contributed by atoms with van der Waals surface area (Å²) in [5.41, 5.74) is 0.746. The first-order valence-corrected chi connectivity index (χ1v) is 3.78. The van der Waals surface area contributed by atoms with Gasteiger partial charge in [-0.15, -0.1) is 0 Å². The lowest BCUT2D eigenvalue weighted by Crippen LogP contribution is -2.36. The molecule has 1 aliphatic rings. The van der Waals surface area contributed by atoms with Gasteiger partial charge in [-0.25, -0.2) is 4.99 Å². The Balaban J connectivity index is 2.53. The predicted octanol–water partition coefficient (Wildman–Crippen LogP) is -0.0235. The standard InChI is InChI=1S/C8H10N2O/c1-2-7-9-5-6-3-4-11-8(6)10-7/h3-5,7,9H,2H2,1H3. The van der Waals surface area contributed by atoms with E-state index in [1.54, 1.807) is 6.26 Å². The quantitative estimate of drug-likeness (QED) is 0.610. The minimum Gasteiger partial charge on any atom is -0.446 e. The van der Waals surface area contributed by atoms with Gasteiger partial charge in [-0.05, 0) is 12.5 Å². The number of rotatable bonds is 1. The molecular weight excluding hydrogens is 140 g/mol. The lowest BCUT2D eigenvalue weighted by atomic mass is 10.3. The molecule has 0 radical (unpaired) electrons. The first-order chi connectivity index (χ1) is 5.40. The number of furan rings is 1. The van der Waals surface area contributed by atoms with Gasteiger partial charge < -0.3 is 9.73 Å². The Morgan fingerprint density at radius 3 is 3.45 bits per heavy atom. The van der Waals surface area contributed by atoms with Crippen molar-refractivity contribution in [2.24, 2.45) is 4.99 Å². The molecule has 58 valence electrons. The zero-order valence-corrected chi connectivity index (χ0v) is 6.37. The third kappa shape index (κ3) is 1.02. The molecule has 1 N–H and O–H groups in total. The first-order valence-electron chi connectivity index (χ1n) is 3.78. The van der Waals surface area contributed by atoms with Crippen molar-refractivity contribution in [1.82, 2.24) is 5.32 Å². The van der Waals surface area contributed by atoms with Crippen molar-refractivity contribution in [3.05, 3.63) is 23.1 Å². The summed E-state index contributed by atoms with van der Waals surface area (Å²) in [4.78, 5) is 4.31. The second-order valence-corrected chi connectivity index (χ2v) is 2.55. The summed E-state index contributed by atoms with van der Waals surface area (Å²) in [5.74, 6) is 0. The fourth-order valence-electron chi connectivity index (χ4n) is 1.10. The number of nitrogens with one attached hydrogen (secondary N) is 1. The van der Waals surface area contributed by atoms with E-state index in [1.807, 2.05) is 12.3 Å². The van der Waals surface area contributed by atoms with E-state index in [-0.39, 0.29) is 6.17 Å². The molecule has 3 heteroatoms. The number of nitrogens with zero attached hydrogens (tertiary/aromatic N) is 1. The summed E-state index contributed by atoms with van der Waals surface area (Å²) in [7, 11) is 0. The van der Waals surface area contributed by atoms with Crippen molar-refractivity contribution in [1.29, 1.82) is 0 Å². The van der Waals surface area contributed by atoms with Gasteiger partial charge in [0.25, 0.3) is 0 Å². The molecule has 1 unspecified atom stereocenters. The van der Waals surface area contributed by atoms with Crippen LogP contribution in [-0.2, 0) is 0 Å². The molecule has 1 aromatic heterocycles. The van der Waals surface area contributed by atoms with Gasteiger partial charge in [0.1, 0.15) is 6.17 Å². The number of fused-ring (bicyclic) bond motifs is 1. The summed E-state index contributed by atoms with van der Waals surface area (Å²) in [6, 6.07) is 1.90. The Morgan fingerprint density at radius 1 is 1.73 bits per heavy atom. The van der Waals surface area contributed by atoms with Gasteiger partial charge in [-0.2, -0.15) is 0 Å². The van der Waals surface area contributed by atoms with Gasteiger partial charge in [-0.3, -0.25) is 0 Å². The molecule has 0 bridgehead atoms. The van der Waals surface area contributed by atoms with Crippen LogP contribution in [0.5, 0.6) is 0 Å². The van der Waals surface area contributed by atoms with Crippen LogP contribution in [0.4, 0.5) is 0 Å². The van der Waals surface area contributed by atoms with Crippen molar-refractivity contribution in [3.63, 3.8) is 0 Å².